The van der Waals surface area contributed by atoms with Gasteiger partial charge in [-0.1, -0.05) is 18.2 Å². The summed E-state index contributed by atoms with van der Waals surface area (Å²) in [6.07, 6.45) is 2.76. The van der Waals surface area contributed by atoms with Gasteiger partial charge in [0.25, 0.3) is 5.69 Å². The molecule has 0 aromatic heterocycles. The van der Waals surface area contributed by atoms with Crippen molar-refractivity contribution in [3.8, 4) is 0 Å². The zero-order valence-electron chi connectivity index (χ0n) is 12.7. The first-order valence-electron chi connectivity index (χ1n) is 7.50. The van der Waals surface area contributed by atoms with Crippen LogP contribution in [0.15, 0.2) is 30.4 Å². The van der Waals surface area contributed by atoms with Crippen LogP contribution in [0.1, 0.15) is 5.56 Å². The van der Waals surface area contributed by atoms with Crippen LogP contribution in [0.3, 0.4) is 0 Å². The van der Waals surface area contributed by atoms with E-state index in [0.29, 0.717) is 5.56 Å². The number of anilines is 1. The van der Waals surface area contributed by atoms with Crippen molar-refractivity contribution in [3.05, 3.63) is 46.0 Å². The number of hydrogen-bond acceptors (Lipinski definition) is 6. The van der Waals surface area contributed by atoms with Gasteiger partial charge in [-0.05, 0) is 13.0 Å². The lowest BCUT2D eigenvalue weighted by atomic mass is 9.77. The van der Waals surface area contributed by atoms with Gasteiger partial charge in [-0.25, -0.2) is 4.90 Å². The van der Waals surface area contributed by atoms with E-state index in [1.165, 1.54) is 18.2 Å². The number of rotatable bonds is 3. The molecule has 1 aromatic rings. The highest BCUT2D eigenvalue weighted by atomic mass is 16.6. The summed E-state index contributed by atoms with van der Waals surface area (Å²) >= 11 is 0. The standard InChI is InChI=1S/C16H14N2O6/c1-8-2-3-9(6-10(8)18(22)23)17-14(20)12-11-4-5-16(7-19,24-11)13(12)15(17)21/h2-6,11-13,19H,7H2,1H3/t11-,12-,13-,16-/m0/s1. The first-order valence-corrected chi connectivity index (χ1v) is 7.50. The Morgan fingerprint density at radius 1 is 1.38 bits per heavy atom. The highest BCUT2D eigenvalue weighted by molar-refractivity contribution is 6.23. The van der Waals surface area contributed by atoms with Crippen LogP contribution in [0.2, 0.25) is 0 Å². The minimum atomic E-state index is -1.17. The van der Waals surface area contributed by atoms with Crippen LogP contribution in [-0.2, 0) is 14.3 Å². The predicted molar refractivity (Wildman–Crippen MR) is 81.1 cm³/mol. The minimum Gasteiger partial charge on any atom is -0.393 e. The summed E-state index contributed by atoms with van der Waals surface area (Å²) in [5.74, 6) is -2.45. The van der Waals surface area contributed by atoms with Crippen molar-refractivity contribution in [3.63, 3.8) is 0 Å². The topological polar surface area (TPSA) is 110 Å². The number of nitro groups is 1. The molecule has 24 heavy (non-hydrogen) atoms. The molecule has 2 saturated heterocycles. The largest absolute Gasteiger partial charge is 0.393 e. The number of carbonyl (C=O) groups is 2. The lowest BCUT2D eigenvalue weighted by Gasteiger charge is -2.26. The Balaban J connectivity index is 1.77. The molecule has 3 aliphatic heterocycles. The zero-order valence-corrected chi connectivity index (χ0v) is 12.7. The van der Waals surface area contributed by atoms with Gasteiger partial charge in [0.15, 0.2) is 0 Å². The maximum absolute atomic E-state index is 12.8. The van der Waals surface area contributed by atoms with Crippen molar-refractivity contribution in [2.24, 2.45) is 11.8 Å². The fourth-order valence-corrected chi connectivity index (χ4v) is 3.87. The molecule has 8 heteroatoms. The van der Waals surface area contributed by atoms with Crippen molar-refractivity contribution in [2.45, 2.75) is 18.6 Å². The third kappa shape index (κ3) is 1.69. The first kappa shape index (κ1) is 15.0. The van der Waals surface area contributed by atoms with E-state index < -0.39 is 46.9 Å². The summed E-state index contributed by atoms with van der Waals surface area (Å²) in [6, 6.07) is 4.25. The van der Waals surface area contributed by atoms with Crippen LogP contribution >= 0.6 is 0 Å². The second kappa shape index (κ2) is 4.71. The fraction of sp³-hybridized carbons (Fsp3) is 0.375. The van der Waals surface area contributed by atoms with Crippen LogP contribution in [0.4, 0.5) is 11.4 Å². The van der Waals surface area contributed by atoms with Gasteiger partial charge in [0.1, 0.15) is 5.60 Å². The number of ether oxygens (including phenoxy) is 1. The Morgan fingerprint density at radius 3 is 2.79 bits per heavy atom. The first-order chi connectivity index (χ1) is 11.4. The van der Waals surface area contributed by atoms with E-state index in [0.717, 1.165) is 4.90 Å². The molecule has 8 nitrogen and oxygen atoms in total. The number of nitrogens with zero attached hydrogens (tertiary/aromatic N) is 2. The predicted octanol–water partition coefficient (Wildman–Crippen LogP) is 0.709. The SMILES string of the molecule is Cc1ccc(N2C(=O)[C@H]3[C@@H]4C=C[C@@](CO)(O4)[C@@H]3C2=O)cc1[N+](=O)[O-]. The third-order valence-corrected chi connectivity index (χ3v) is 5.05. The zero-order chi connectivity index (χ0) is 17.2. The highest BCUT2D eigenvalue weighted by Crippen LogP contribution is 2.52. The second-order valence-corrected chi connectivity index (χ2v) is 6.30. The summed E-state index contributed by atoms with van der Waals surface area (Å²) in [6.45, 7) is 1.19. The van der Waals surface area contributed by atoms with Crippen molar-refractivity contribution < 1.29 is 24.4 Å². The van der Waals surface area contributed by atoms with Gasteiger partial charge < -0.3 is 9.84 Å². The van der Waals surface area contributed by atoms with Gasteiger partial charge in [0.05, 0.1) is 35.2 Å². The Kier molecular flexibility index (Phi) is 2.94. The van der Waals surface area contributed by atoms with Crippen LogP contribution < -0.4 is 4.90 Å². The smallest absolute Gasteiger partial charge is 0.274 e. The Hall–Kier alpha value is -2.58. The summed E-state index contributed by atoms with van der Waals surface area (Å²) in [5, 5.41) is 20.8. The number of hydrogen-bond donors (Lipinski definition) is 1. The Labute approximate surface area is 136 Å². The summed E-state index contributed by atoms with van der Waals surface area (Å²) in [7, 11) is 0. The van der Waals surface area contributed by atoms with Crippen molar-refractivity contribution >= 4 is 23.2 Å². The van der Waals surface area contributed by atoms with Gasteiger partial charge in [-0.2, -0.15) is 0 Å². The Bertz CT molecular complexity index is 819. The summed E-state index contributed by atoms with van der Waals surface area (Å²) in [4.78, 5) is 37.1. The molecule has 3 heterocycles. The quantitative estimate of drug-likeness (QED) is 0.378. The fourth-order valence-electron chi connectivity index (χ4n) is 3.87. The number of amides is 2. The number of carbonyl (C=O) groups excluding carboxylic acids is 2. The highest BCUT2D eigenvalue weighted by Gasteiger charge is 2.67. The molecule has 0 radical (unpaired) electrons. The van der Waals surface area contributed by atoms with Crippen LogP contribution in [0.5, 0.6) is 0 Å². The maximum Gasteiger partial charge on any atom is 0.274 e. The van der Waals surface area contributed by atoms with E-state index in [1.807, 2.05) is 0 Å². The minimum absolute atomic E-state index is 0.153. The molecule has 0 unspecified atom stereocenters. The van der Waals surface area contributed by atoms with E-state index in [9.17, 15) is 24.8 Å². The number of aliphatic hydroxyl groups is 1. The monoisotopic (exact) mass is 330 g/mol. The van der Waals surface area contributed by atoms with Crippen molar-refractivity contribution in [2.75, 3.05) is 11.5 Å². The average molecular weight is 330 g/mol. The van der Waals surface area contributed by atoms with Gasteiger partial charge in [0.2, 0.25) is 11.8 Å². The summed E-state index contributed by atoms with van der Waals surface area (Å²) < 4.78 is 5.64. The normalized spacial score (nSPS) is 33.4. The van der Waals surface area contributed by atoms with Crippen LogP contribution in [-0.4, -0.2) is 40.2 Å². The lowest BCUT2D eigenvalue weighted by Crippen LogP contribution is -2.43. The molecule has 2 fully saturated rings. The average Bonchev–Trinajstić information content (AvgIpc) is 3.19. The number of aliphatic hydroxyl groups excluding tert-OH is 1. The van der Waals surface area contributed by atoms with Crippen molar-refractivity contribution in [1.82, 2.24) is 0 Å². The number of benzene rings is 1. The molecular formula is C16H14N2O6. The lowest BCUT2D eigenvalue weighted by molar-refractivity contribution is -0.385. The van der Waals surface area contributed by atoms with Crippen LogP contribution in [0.25, 0.3) is 0 Å². The molecule has 2 amide bonds. The molecule has 2 bridgehead atoms. The number of imide groups is 1. The molecule has 0 aliphatic carbocycles. The van der Waals surface area contributed by atoms with E-state index in [4.69, 9.17) is 4.74 Å². The molecule has 0 saturated carbocycles. The molecular weight excluding hydrogens is 316 g/mol. The van der Waals surface area contributed by atoms with Gasteiger partial charge in [-0.15, -0.1) is 0 Å². The second-order valence-electron chi connectivity index (χ2n) is 6.30. The number of nitro benzene ring substituents is 1. The molecule has 1 N–H and O–H groups in total. The van der Waals surface area contributed by atoms with E-state index >= 15 is 0 Å². The van der Waals surface area contributed by atoms with E-state index in [-0.39, 0.29) is 11.4 Å². The van der Waals surface area contributed by atoms with Crippen molar-refractivity contribution in [1.29, 1.82) is 0 Å². The van der Waals surface area contributed by atoms with Gasteiger partial charge in [0, 0.05) is 11.6 Å². The molecule has 4 atom stereocenters. The van der Waals surface area contributed by atoms with Crippen LogP contribution in [0, 0.1) is 28.9 Å². The van der Waals surface area contributed by atoms with E-state index in [1.54, 1.807) is 19.1 Å². The van der Waals surface area contributed by atoms with Gasteiger partial charge in [-0.3, -0.25) is 19.7 Å². The molecule has 4 rings (SSSR count). The van der Waals surface area contributed by atoms with E-state index in [2.05, 4.69) is 0 Å². The molecule has 3 aliphatic rings. The summed E-state index contributed by atoms with van der Waals surface area (Å²) in [5.41, 5.74) is -0.712. The van der Waals surface area contributed by atoms with Gasteiger partial charge >= 0.3 is 0 Å². The third-order valence-electron chi connectivity index (χ3n) is 5.05. The maximum atomic E-state index is 12.8. The molecule has 124 valence electrons. The molecule has 1 aromatic carbocycles. The Morgan fingerprint density at radius 2 is 2.12 bits per heavy atom. The number of aryl methyl sites for hydroxylation is 1. The molecule has 0 spiro atoms. The number of fused-ring (bicyclic) bond motifs is 5.